The molecule has 66 valence electrons. The summed E-state index contributed by atoms with van der Waals surface area (Å²) < 4.78 is 13.8. The van der Waals surface area contributed by atoms with Crippen LogP contribution in [0.25, 0.3) is 5.82 Å². The summed E-state index contributed by atoms with van der Waals surface area (Å²) >= 11 is 0. The molecule has 1 N–H and O–H groups in total. The Morgan fingerprint density at radius 2 is 2.23 bits per heavy atom. The van der Waals surface area contributed by atoms with Crippen LogP contribution in [0, 0.1) is 5.95 Å². The fourth-order valence-electron chi connectivity index (χ4n) is 1.02. The van der Waals surface area contributed by atoms with Crippen molar-refractivity contribution >= 4 is 0 Å². The first-order valence-electron chi connectivity index (χ1n) is 3.67. The van der Waals surface area contributed by atoms with Crippen LogP contribution >= 0.6 is 0 Å². The Morgan fingerprint density at radius 3 is 2.85 bits per heavy atom. The van der Waals surface area contributed by atoms with Crippen molar-refractivity contribution in [2.75, 3.05) is 0 Å². The van der Waals surface area contributed by atoms with Crippen LogP contribution < -0.4 is 5.56 Å². The summed E-state index contributed by atoms with van der Waals surface area (Å²) in [4.78, 5) is 14.6. The van der Waals surface area contributed by atoms with E-state index in [0.29, 0.717) is 0 Å². The van der Waals surface area contributed by atoms with Gasteiger partial charge in [0.25, 0.3) is 5.56 Å². The maximum Gasteiger partial charge on any atom is 0.272 e. The van der Waals surface area contributed by atoms with Crippen LogP contribution in [0.5, 0.6) is 0 Å². The van der Waals surface area contributed by atoms with E-state index in [1.807, 2.05) is 0 Å². The van der Waals surface area contributed by atoms with Gasteiger partial charge in [-0.05, 0) is 12.1 Å². The average Bonchev–Trinajstić information content (AvgIpc) is 2.51. The summed E-state index contributed by atoms with van der Waals surface area (Å²) in [5, 5.41) is 2.62. The summed E-state index contributed by atoms with van der Waals surface area (Å²) in [5.74, 6) is -0.367. The molecule has 0 aromatic carbocycles. The quantitative estimate of drug-likeness (QED) is 0.655. The zero-order valence-electron chi connectivity index (χ0n) is 6.57. The summed E-state index contributed by atoms with van der Waals surface area (Å²) in [7, 11) is 0. The smallest absolute Gasteiger partial charge is 0.272 e. The van der Waals surface area contributed by atoms with Crippen molar-refractivity contribution in [3.05, 3.63) is 46.8 Å². The predicted octanol–water partition coefficient (Wildman–Crippen LogP) is 0.700. The lowest BCUT2D eigenvalue weighted by atomic mass is 10.4. The van der Waals surface area contributed by atoms with Crippen molar-refractivity contribution in [1.29, 1.82) is 0 Å². The van der Waals surface area contributed by atoms with Gasteiger partial charge in [0, 0.05) is 12.3 Å². The van der Waals surface area contributed by atoms with E-state index in [1.165, 1.54) is 24.4 Å². The van der Waals surface area contributed by atoms with E-state index >= 15 is 0 Å². The fourth-order valence-corrected chi connectivity index (χ4v) is 1.02. The number of pyridine rings is 1. The van der Waals surface area contributed by atoms with Crippen LogP contribution in [-0.4, -0.2) is 14.8 Å². The van der Waals surface area contributed by atoms with Crippen molar-refractivity contribution in [1.82, 2.24) is 14.8 Å². The molecule has 0 unspecified atom stereocenters. The molecule has 2 aromatic rings. The van der Waals surface area contributed by atoms with Crippen LogP contribution in [0.15, 0.2) is 35.3 Å². The van der Waals surface area contributed by atoms with Gasteiger partial charge in [-0.25, -0.2) is 9.67 Å². The summed E-state index contributed by atoms with van der Waals surface area (Å²) in [6, 6.07) is 5.59. The first-order chi connectivity index (χ1) is 6.27. The molecular weight excluding hydrogens is 173 g/mol. The molecule has 0 saturated carbocycles. The van der Waals surface area contributed by atoms with Crippen molar-refractivity contribution in [2.45, 2.75) is 0 Å². The van der Waals surface area contributed by atoms with E-state index < -0.39 is 5.95 Å². The highest BCUT2D eigenvalue weighted by Crippen LogP contribution is 1.99. The number of aromatic amines is 1. The lowest BCUT2D eigenvalue weighted by Crippen LogP contribution is -2.15. The predicted molar refractivity (Wildman–Crippen MR) is 44.1 cm³/mol. The summed E-state index contributed by atoms with van der Waals surface area (Å²) in [6.45, 7) is 0. The Balaban J connectivity index is 2.59. The molecular formula is C8H6FN3O. The zero-order valence-corrected chi connectivity index (χ0v) is 6.57. The largest absolute Gasteiger partial charge is 0.297 e. The first kappa shape index (κ1) is 7.72. The molecule has 0 atom stereocenters. The molecule has 2 aromatic heterocycles. The van der Waals surface area contributed by atoms with Gasteiger partial charge in [-0.1, -0.05) is 6.07 Å². The zero-order chi connectivity index (χ0) is 9.26. The van der Waals surface area contributed by atoms with Gasteiger partial charge in [0.2, 0.25) is 5.95 Å². The molecule has 2 heterocycles. The number of rotatable bonds is 1. The molecule has 2 rings (SSSR count). The van der Waals surface area contributed by atoms with E-state index in [0.717, 1.165) is 4.68 Å². The average molecular weight is 179 g/mol. The van der Waals surface area contributed by atoms with Gasteiger partial charge >= 0.3 is 0 Å². The second-order valence-electron chi connectivity index (χ2n) is 2.45. The standard InChI is InChI=1S/C8H6FN3O/c9-6-2-1-3-7(11-6)12-8(13)4-5-10-12/h1-5,10H. The molecule has 0 aliphatic rings. The van der Waals surface area contributed by atoms with E-state index in [1.54, 1.807) is 6.07 Å². The number of H-pyrrole nitrogens is 1. The Bertz CT molecular complexity index is 474. The van der Waals surface area contributed by atoms with Crippen LogP contribution in [0.1, 0.15) is 0 Å². The van der Waals surface area contributed by atoms with Gasteiger partial charge < -0.3 is 0 Å². The summed E-state index contributed by atoms with van der Waals surface area (Å²) in [5.41, 5.74) is -0.266. The lowest BCUT2D eigenvalue weighted by molar-refractivity contribution is 0.576. The highest BCUT2D eigenvalue weighted by atomic mass is 19.1. The Hall–Kier alpha value is -1.91. The molecule has 0 spiro atoms. The third-order valence-electron chi connectivity index (χ3n) is 1.58. The van der Waals surface area contributed by atoms with E-state index in [2.05, 4.69) is 10.1 Å². The molecule has 0 aliphatic carbocycles. The fraction of sp³-hybridized carbons (Fsp3) is 0. The van der Waals surface area contributed by atoms with Crippen molar-refractivity contribution < 1.29 is 4.39 Å². The van der Waals surface area contributed by atoms with Crippen LogP contribution in [0.4, 0.5) is 4.39 Å². The second kappa shape index (κ2) is 2.85. The maximum absolute atomic E-state index is 12.7. The molecule has 0 radical (unpaired) electrons. The van der Waals surface area contributed by atoms with Gasteiger partial charge in [0.05, 0.1) is 0 Å². The van der Waals surface area contributed by atoms with Gasteiger partial charge in [-0.3, -0.25) is 9.89 Å². The van der Waals surface area contributed by atoms with Crippen molar-refractivity contribution in [3.8, 4) is 5.82 Å². The monoisotopic (exact) mass is 179 g/mol. The van der Waals surface area contributed by atoms with Crippen LogP contribution in [0.3, 0.4) is 0 Å². The Labute approximate surface area is 72.6 Å². The topological polar surface area (TPSA) is 50.7 Å². The van der Waals surface area contributed by atoms with Gasteiger partial charge in [-0.15, -0.1) is 0 Å². The minimum Gasteiger partial charge on any atom is -0.297 e. The molecule has 0 amide bonds. The molecule has 4 nitrogen and oxygen atoms in total. The number of hydrogen-bond donors (Lipinski definition) is 1. The summed E-state index contributed by atoms with van der Waals surface area (Å²) in [6.07, 6.45) is 1.47. The van der Waals surface area contributed by atoms with E-state index in [4.69, 9.17) is 0 Å². The molecule has 0 aliphatic heterocycles. The van der Waals surface area contributed by atoms with Gasteiger partial charge in [0.1, 0.15) is 0 Å². The molecule has 0 fully saturated rings. The minimum atomic E-state index is -0.612. The highest BCUT2D eigenvalue weighted by Gasteiger charge is 2.01. The normalized spacial score (nSPS) is 10.2. The lowest BCUT2D eigenvalue weighted by Gasteiger charge is -1.98. The molecule has 0 bridgehead atoms. The number of halogens is 1. The van der Waals surface area contributed by atoms with E-state index in [-0.39, 0.29) is 11.4 Å². The molecule has 0 saturated heterocycles. The first-order valence-corrected chi connectivity index (χ1v) is 3.67. The van der Waals surface area contributed by atoms with E-state index in [9.17, 15) is 9.18 Å². The third kappa shape index (κ3) is 1.35. The second-order valence-corrected chi connectivity index (χ2v) is 2.45. The molecule has 5 heteroatoms. The van der Waals surface area contributed by atoms with Crippen LogP contribution in [0.2, 0.25) is 0 Å². The van der Waals surface area contributed by atoms with Crippen molar-refractivity contribution in [3.63, 3.8) is 0 Å². The Morgan fingerprint density at radius 1 is 1.38 bits per heavy atom. The molecule has 13 heavy (non-hydrogen) atoms. The van der Waals surface area contributed by atoms with Gasteiger partial charge in [-0.2, -0.15) is 4.39 Å². The van der Waals surface area contributed by atoms with Crippen molar-refractivity contribution in [2.24, 2.45) is 0 Å². The SMILES string of the molecule is O=c1cc[nH]n1-c1cccc(F)n1. The van der Waals surface area contributed by atoms with Crippen LogP contribution in [-0.2, 0) is 0 Å². The maximum atomic E-state index is 12.7. The minimum absolute atomic E-state index is 0.245. The number of nitrogens with one attached hydrogen (secondary N) is 1. The van der Waals surface area contributed by atoms with Gasteiger partial charge in [0.15, 0.2) is 5.82 Å². The Kier molecular flexibility index (Phi) is 1.70. The third-order valence-corrected chi connectivity index (χ3v) is 1.58. The number of aromatic nitrogens is 3. The number of hydrogen-bond acceptors (Lipinski definition) is 2. The highest BCUT2D eigenvalue weighted by molar-refractivity contribution is 5.20. The number of nitrogens with zero attached hydrogens (tertiary/aromatic N) is 2.